The van der Waals surface area contributed by atoms with Crippen molar-refractivity contribution in [1.29, 1.82) is 0 Å². The number of sulfonamides is 1. The van der Waals surface area contributed by atoms with Gasteiger partial charge in [0, 0.05) is 13.6 Å². The summed E-state index contributed by atoms with van der Waals surface area (Å²) in [5.41, 5.74) is 0. The van der Waals surface area contributed by atoms with Gasteiger partial charge in [0.05, 0.1) is 5.25 Å². The Morgan fingerprint density at radius 2 is 1.82 bits per heavy atom. The van der Waals surface area contributed by atoms with Crippen molar-refractivity contribution in [2.45, 2.75) is 19.1 Å². The summed E-state index contributed by atoms with van der Waals surface area (Å²) in [5.74, 6) is 0.753. The van der Waals surface area contributed by atoms with Crippen LogP contribution in [0.5, 0.6) is 5.75 Å². The van der Waals surface area contributed by atoms with E-state index in [9.17, 15) is 8.42 Å². The first-order chi connectivity index (χ1) is 7.94. The first kappa shape index (κ1) is 14.0. The Morgan fingerprint density at radius 3 is 2.35 bits per heavy atom. The second-order valence-corrected chi connectivity index (χ2v) is 6.67. The van der Waals surface area contributed by atoms with E-state index in [0.717, 1.165) is 5.75 Å². The van der Waals surface area contributed by atoms with E-state index in [0.29, 0.717) is 13.2 Å². The minimum Gasteiger partial charge on any atom is -0.492 e. The molecule has 0 saturated carbocycles. The van der Waals surface area contributed by atoms with Gasteiger partial charge >= 0.3 is 0 Å². The van der Waals surface area contributed by atoms with Crippen molar-refractivity contribution in [2.24, 2.45) is 0 Å². The smallest absolute Gasteiger partial charge is 0.216 e. The lowest BCUT2D eigenvalue weighted by Crippen LogP contribution is -2.35. The second kappa shape index (κ2) is 6.02. The van der Waals surface area contributed by atoms with E-state index < -0.39 is 15.3 Å². The lowest BCUT2D eigenvalue weighted by molar-refractivity contribution is 0.286. The van der Waals surface area contributed by atoms with E-state index in [-0.39, 0.29) is 0 Å². The van der Waals surface area contributed by atoms with Crippen LogP contribution >= 0.6 is 0 Å². The Hall–Kier alpha value is -1.07. The molecule has 0 N–H and O–H groups in total. The van der Waals surface area contributed by atoms with Crippen LogP contribution in [0.25, 0.3) is 0 Å². The molecule has 0 aliphatic rings. The summed E-state index contributed by atoms with van der Waals surface area (Å²) in [6.07, 6.45) is 0. The first-order valence-electron chi connectivity index (χ1n) is 5.57. The molecule has 0 atom stereocenters. The summed E-state index contributed by atoms with van der Waals surface area (Å²) in [7, 11) is -1.60. The predicted octanol–water partition coefficient (Wildman–Crippen LogP) is 1.74. The van der Waals surface area contributed by atoms with Gasteiger partial charge in [0.25, 0.3) is 0 Å². The monoisotopic (exact) mass is 257 g/mol. The fourth-order valence-electron chi connectivity index (χ4n) is 1.30. The van der Waals surface area contributed by atoms with Crippen molar-refractivity contribution in [3.63, 3.8) is 0 Å². The normalized spacial score (nSPS) is 12.1. The van der Waals surface area contributed by atoms with E-state index in [2.05, 4.69) is 0 Å². The maximum Gasteiger partial charge on any atom is 0.216 e. The zero-order chi connectivity index (χ0) is 12.9. The summed E-state index contributed by atoms with van der Waals surface area (Å²) in [4.78, 5) is 0. The number of rotatable bonds is 6. The van der Waals surface area contributed by atoms with E-state index in [1.165, 1.54) is 4.31 Å². The number of ether oxygens (including phenoxy) is 1. The minimum atomic E-state index is -3.18. The number of likely N-dealkylation sites (N-methyl/N-ethyl adjacent to an activating group) is 1. The minimum absolute atomic E-state index is 0.354. The van der Waals surface area contributed by atoms with E-state index in [1.54, 1.807) is 20.9 Å². The Morgan fingerprint density at radius 1 is 1.24 bits per heavy atom. The van der Waals surface area contributed by atoms with Gasteiger partial charge < -0.3 is 4.74 Å². The zero-order valence-corrected chi connectivity index (χ0v) is 11.3. The Bertz CT molecular complexity index is 428. The standard InChI is InChI=1S/C12H19NO3S/c1-11(2)17(14,15)13(3)9-10-16-12-7-5-4-6-8-12/h4-8,11H,9-10H2,1-3H3. The third kappa shape index (κ3) is 4.02. The number of hydrogen-bond acceptors (Lipinski definition) is 3. The van der Waals surface area contributed by atoms with Crippen LogP contribution in [0.2, 0.25) is 0 Å². The molecule has 0 aliphatic carbocycles. The molecule has 4 nitrogen and oxygen atoms in total. The highest BCUT2D eigenvalue weighted by Crippen LogP contribution is 2.09. The summed E-state index contributed by atoms with van der Waals surface area (Å²) >= 11 is 0. The molecule has 0 unspecified atom stereocenters. The van der Waals surface area contributed by atoms with Gasteiger partial charge in [-0.05, 0) is 26.0 Å². The lowest BCUT2D eigenvalue weighted by Gasteiger charge is -2.19. The molecule has 1 rings (SSSR count). The fourth-order valence-corrected chi connectivity index (χ4v) is 2.34. The van der Waals surface area contributed by atoms with Crippen molar-refractivity contribution in [3.8, 4) is 5.75 Å². The molecule has 0 radical (unpaired) electrons. The van der Waals surface area contributed by atoms with Crippen LogP contribution in [0.1, 0.15) is 13.8 Å². The van der Waals surface area contributed by atoms with Crippen LogP contribution in [0.15, 0.2) is 30.3 Å². The molecule has 0 fully saturated rings. The number of hydrogen-bond donors (Lipinski definition) is 0. The first-order valence-corrected chi connectivity index (χ1v) is 7.08. The van der Waals surface area contributed by atoms with E-state index in [1.807, 2.05) is 30.3 Å². The van der Waals surface area contributed by atoms with Crippen LogP contribution in [0, 0.1) is 0 Å². The lowest BCUT2D eigenvalue weighted by atomic mass is 10.3. The largest absolute Gasteiger partial charge is 0.492 e. The molecular formula is C12H19NO3S. The average molecular weight is 257 g/mol. The third-order valence-corrected chi connectivity index (χ3v) is 4.69. The predicted molar refractivity (Wildman–Crippen MR) is 68.6 cm³/mol. The van der Waals surface area contributed by atoms with Gasteiger partial charge in [-0.15, -0.1) is 0 Å². The SMILES string of the molecule is CC(C)S(=O)(=O)N(C)CCOc1ccccc1. The number of benzene rings is 1. The van der Waals surface area contributed by atoms with Crippen LogP contribution in [0.4, 0.5) is 0 Å². The van der Waals surface area contributed by atoms with Crippen LogP contribution < -0.4 is 4.74 Å². The Balaban J connectivity index is 2.42. The molecule has 17 heavy (non-hydrogen) atoms. The highest BCUT2D eigenvalue weighted by atomic mass is 32.2. The fraction of sp³-hybridized carbons (Fsp3) is 0.500. The molecular weight excluding hydrogens is 238 g/mol. The van der Waals surface area contributed by atoms with Crippen molar-refractivity contribution >= 4 is 10.0 Å². The topological polar surface area (TPSA) is 46.6 Å². The third-order valence-electron chi connectivity index (χ3n) is 2.45. The maximum absolute atomic E-state index is 11.7. The Kier molecular flexibility index (Phi) is 4.96. The second-order valence-electron chi connectivity index (χ2n) is 4.08. The van der Waals surface area contributed by atoms with Gasteiger partial charge in [0.1, 0.15) is 12.4 Å². The van der Waals surface area contributed by atoms with Gasteiger partial charge in [0.15, 0.2) is 0 Å². The highest BCUT2D eigenvalue weighted by molar-refractivity contribution is 7.89. The molecule has 0 amide bonds. The highest BCUT2D eigenvalue weighted by Gasteiger charge is 2.21. The number of nitrogens with zero attached hydrogens (tertiary/aromatic N) is 1. The van der Waals surface area contributed by atoms with Crippen LogP contribution in [-0.4, -0.2) is 38.2 Å². The van der Waals surface area contributed by atoms with Gasteiger partial charge in [-0.3, -0.25) is 0 Å². The molecule has 0 aromatic heterocycles. The van der Waals surface area contributed by atoms with Crippen molar-refractivity contribution in [2.75, 3.05) is 20.2 Å². The zero-order valence-electron chi connectivity index (χ0n) is 10.5. The molecule has 5 heteroatoms. The average Bonchev–Trinajstić information content (AvgIpc) is 2.30. The summed E-state index contributed by atoms with van der Waals surface area (Å²) < 4.78 is 30.3. The maximum atomic E-state index is 11.7. The van der Waals surface area contributed by atoms with Crippen molar-refractivity contribution < 1.29 is 13.2 Å². The van der Waals surface area contributed by atoms with Gasteiger partial charge in [-0.1, -0.05) is 18.2 Å². The molecule has 1 aromatic rings. The van der Waals surface area contributed by atoms with Gasteiger partial charge in [-0.2, -0.15) is 0 Å². The molecule has 0 bridgehead atoms. The molecule has 1 aromatic carbocycles. The summed E-state index contributed by atoms with van der Waals surface area (Å²) in [6, 6.07) is 9.35. The van der Waals surface area contributed by atoms with Gasteiger partial charge in [0.2, 0.25) is 10.0 Å². The summed E-state index contributed by atoms with van der Waals surface area (Å²) in [6.45, 7) is 4.05. The van der Waals surface area contributed by atoms with Crippen molar-refractivity contribution in [1.82, 2.24) is 4.31 Å². The molecule has 0 saturated heterocycles. The number of para-hydroxylation sites is 1. The van der Waals surface area contributed by atoms with Crippen LogP contribution in [-0.2, 0) is 10.0 Å². The molecule has 0 spiro atoms. The van der Waals surface area contributed by atoms with Crippen LogP contribution in [0.3, 0.4) is 0 Å². The summed E-state index contributed by atoms with van der Waals surface area (Å²) in [5, 5.41) is -0.399. The van der Waals surface area contributed by atoms with Crippen molar-refractivity contribution in [3.05, 3.63) is 30.3 Å². The molecule has 96 valence electrons. The van der Waals surface area contributed by atoms with E-state index >= 15 is 0 Å². The van der Waals surface area contributed by atoms with E-state index in [4.69, 9.17) is 4.74 Å². The Labute approximate surface area is 103 Å². The quantitative estimate of drug-likeness (QED) is 0.780. The molecule has 0 heterocycles. The van der Waals surface area contributed by atoms with Gasteiger partial charge in [-0.25, -0.2) is 12.7 Å². The molecule has 0 aliphatic heterocycles.